The molecule has 15 heavy (non-hydrogen) atoms. The number of nitrogens with one attached hydrogen (secondary N) is 1. The van der Waals surface area contributed by atoms with Crippen LogP contribution in [-0.2, 0) is 0 Å². The Morgan fingerprint density at radius 2 is 1.60 bits per heavy atom. The van der Waals surface area contributed by atoms with Gasteiger partial charge in [0.2, 0.25) is 0 Å². The molecule has 0 fully saturated rings. The van der Waals surface area contributed by atoms with E-state index in [-0.39, 0.29) is 0 Å². The number of hydrogen-bond acceptors (Lipinski definition) is 2. The van der Waals surface area contributed by atoms with Crippen molar-refractivity contribution < 1.29 is 0 Å². The van der Waals surface area contributed by atoms with Crippen molar-refractivity contribution in [3.05, 3.63) is 0 Å². The van der Waals surface area contributed by atoms with Gasteiger partial charge in [-0.3, -0.25) is 11.3 Å². The zero-order chi connectivity index (χ0) is 12.1. The third-order valence-corrected chi connectivity index (χ3v) is 2.64. The van der Waals surface area contributed by atoms with Crippen LogP contribution in [0.2, 0.25) is 0 Å². The predicted molar refractivity (Wildman–Crippen MR) is 68.4 cm³/mol. The van der Waals surface area contributed by atoms with E-state index in [1.807, 2.05) is 0 Å². The molecule has 0 amide bonds. The minimum absolute atomic E-state index is 0.427. The molecular weight excluding hydrogens is 184 g/mol. The van der Waals surface area contributed by atoms with E-state index in [0.717, 1.165) is 5.92 Å². The molecule has 0 heterocycles. The van der Waals surface area contributed by atoms with Crippen LogP contribution in [0.15, 0.2) is 0 Å². The van der Waals surface area contributed by atoms with E-state index >= 15 is 0 Å². The summed E-state index contributed by atoms with van der Waals surface area (Å²) in [4.78, 5) is 0. The Morgan fingerprint density at radius 1 is 1.07 bits per heavy atom. The SMILES string of the molecule is CC(C)CC(CC(C)CC(C)(C)C)NN. The topological polar surface area (TPSA) is 38.0 Å². The zero-order valence-corrected chi connectivity index (χ0v) is 11.4. The van der Waals surface area contributed by atoms with E-state index in [1.54, 1.807) is 0 Å². The molecule has 0 aliphatic rings. The first-order chi connectivity index (χ1) is 6.74. The highest BCUT2D eigenvalue weighted by Gasteiger charge is 2.19. The van der Waals surface area contributed by atoms with Crippen molar-refractivity contribution in [2.75, 3.05) is 0 Å². The summed E-state index contributed by atoms with van der Waals surface area (Å²) in [6, 6.07) is 0.474. The van der Waals surface area contributed by atoms with Crippen molar-refractivity contribution in [1.82, 2.24) is 5.43 Å². The van der Waals surface area contributed by atoms with Crippen LogP contribution in [0.5, 0.6) is 0 Å². The maximum absolute atomic E-state index is 5.58. The minimum atomic E-state index is 0.427. The molecule has 0 bridgehead atoms. The molecule has 2 nitrogen and oxygen atoms in total. The summed E-state index contributed by atoms with van der Waals surface area (Å²) in [7, 11) is 0. The summed E-state index contributed by atoms with van der Waals surface area (Å²) in [6.45, 7) is 13.7. The molecule has 2 unspecified atom stereocenters. The molecular formula is C13H30N2. The summed E-state index contributed by atoms with van der Waals surface area (Å²) in [5.41, 5.74) is 3.38. The maximum Gasteiger partial charge on any atom is 0.0215 e. The molecule has 0 aromatic heterocycles. The second-order valence-corrected chi connectivity index (χ2v) is 6.60. The smallest absolute Gasteiger partial charge is 0.0215 e. The molecule has 3 N–H and O–H groups in total. The fourth-order valence-corrected chi connectivity index (χ4v) is 2.42. The fourth-order valence-electron chi connectivity index (χ4n) is 2.42. The highest BCUT2D eigenvalue weighted by molar-refractivity contribution is 4.73. The van der Waals surface area contributed by atoms with E-state index in [4.69, 9.17) is 5.84 Å². The Kier molecular flexibility index (Phi) is 6.46. The van der Waals surface area contributed by atoms with Crippen molar-refractivity contribution in [2.24, 2.45) is 23.1 Å². The lowest BCUT2D eigenvalue weighted by Crippen LogP contribution is -2.37. The van der Waals surface area contributed by atoms with E-state index in [2.05, 4.69) is 47.0 Å². The standard InChI is InChI=1S/C13H30N2/c1-10(2)7-12(15-14)8-11(3)9-13(4,5)6/h10-12,15H,7-9,14H2,1-6H3. The van der Waals surface area contributed by atoms with Crippen molar-refractivity contribution in [1.29, 1.82) is 0 Å². The molecule has 0 saturated carbocycles. The van der Waals surface area contributed by atoms with Gasteiger partial charge in [0, 0.05) is 6.04 Å². The molecule has 0 aromatic carbocycles. The van der Waals surface area contributed by atoms with Gasteiger partial charge in [0.25, 0.3) is 0 Å². The molecule has 0 rings (SSSR count). The summed E-state index contributed by atoms with van der Waals surface area (Å²) >= 11 is 0. The quantitative estimate of drug-likeness (QED) is 0.526. The normalized spacial score (nSPS) is 16.8. The van der Waals surface area contributed by atoms with Crippen LogP contribution >= 0.6 is 0 Å². The van der Waals surface area contributed by atoms with Gasteiger partial charge in [-0.05, 0) is 36.5 Å². The van der Waals surface area contributed by atoms with Gasteiger partial charge >= 0.3 is 0 Å². The Morgan fingerprint density at radius 3 is 1.93 bits per heavy atom. The second-order valence-electron chi connectivity index (χ2n) is 6.60. The number of nitrogens with two attached hydrogens (primary N) is 1. The summed E-state index contributed by atoms with van der Waals surface area (Å²) < 4.78 is 0. The lowest BCUT2D eigenvalue weighted by molar-refractivity contribution is 0.264. The molecule has 0 aliphatic heterocycles. The fraction of sp³-hybridized carbons (Fsp3) is 1.00. The monoisotopic (exact) mass is 214 g/mol. The van der Waals surface area contributed by atoms with Crippen molar-refractivity contribution in [3.63, 3.8) is 0 Å². The summed E-state index contributed by atoms with van der Waals surface area (Å²) in [5, 5.41) is 0. The van der Waals surface area contributed by atoms with Gasteiger partial charge in [-0.2, -0.15) is 0 Å². The lowest BCUT2D eigenvalue weighted by Gasteiger charge is -2.27. The van der Waals surface area contributed by atoms with Crippen molar-refractivity contribution >= 4 is 0 Å². The van der Waals surface area contributed by atoms with Crippen LogP contribution in [0, 0.1) is 17.3 Å². The van der Waals surface area contributed by atoms with Gasteiger partial charge in [-0.25, -0.2) is 0 Å². The van der Waals surface area contributed by atoms with E-state index in [1.165, 1.54) is 19.3 Å². The predicted octanol–water partition coefficient (Wildman–Crippen LogP) is 3.33. The Balaban J connectivity index is 3.96. The number of hydrogen-bond donors (Lipinski definition) is 2. The molecule has 0 spiro atoms. The highest BCUT2D eigenvalue weighted by Crippen LogP contribution is 2.27. The van der Waals surface area contributed by atoms with E-state index in [9.17, 15) is 0 Å². The Bertz CT molecular complexity index is 158. The van der Waals surface area contributed by atoms with Gasteiger partial charge < -0.3 is 0 Å². The summed E-state index contributed by atoms with van der Waals surface area (Å²) in [6.07, 6.45) is 3.63. The largest absolute Gasteiger partial charge is 0.271 e. The first-order valence-corrected chi connectivity index (χ1v) is 6.20. The maximum atomic E-state index is 5.58. The summed E-state index contributed by atoms with van der Waals surface area (Å²) in [5.74, 6) is 7.04. The highest BCUT2D eigenvalue weighted by atomic mass is 15.2. The van der Waals surface area contributed by atoms with Crippen LogP contribution in [0.4, 0.5) is 0 Å². The molecule has 92 valence electrons. The van der Waals surface area contributed by atoms with Gasteiger partial charge in [0.15, 0.2) is 0 Å². The first kappa shape index (κ1) is 14.9. The van der Waals surface area contributed by atoms with Gasteiger partial charge in [0.05, 0.1) is 0 Å². The molecule has 0 aromatic rings. The van der Waals surface area contributed by atoms with Gasteiger partial charge in [-0.15, -0.1) is 0 Å². The minimum Gasteiger partial charge on any atom is -0.271 e. The average Bonchev–Trinajstić information content (AvgIpc) is 1.98. The van der Waals surface area contributed by atoms with Crippen LogP contribution in [0.25, 0.3) is 0 Å². The number of hydrazine groups is 1. The third-order valence-electron chi connectivity index (χ3n) is 2.64. The Labute approximate surface area is 96.0 Å². The first-order valence-electron chi connectivity index (χ1n) is 6.20. The van der Waals surface area contributed by atoms with Crippen LogP contribution in [-0.4, -0.2) is 6.04 Å². The number of rotatable bonds is 6. The molecule has 0 saturated heterocycles. The molecule has 0 aliphatic carbocycles. The average molecular weight is 214 g/mol. The van der Waals surface area contributed by atoms with Crippen LogP contribution < -0.4 is 11.3 Å². The van der Waals surface area contributed by atoms with E-state index in [0.29, 0.717) is 17.4 Å². The van der Waals surface area contributed by atoms with Crippen molar-refractivity contribution in [3.8, 4) is 0 Å². The Hall–Kier alpha value is -0.0800. The lowest BCUT2D eigenvalue weighted by atomic mass is 9.82. The van der Waals surface area contributed by atoms with Gasteiger partial charge in [-0.1, -0.05) is 41.5 Å². The van der Waals surface area contributed by atoms with Gasteiger partial charge in [0.1, 0.15) is 0 Å². The van der Waals surface area contributed by atoms with E-state index < -0.39 is 0 Å². The van der Waals surface area contributed by atoms with Crippen LogP contribution in [0.3, 0.4) is 0 Å². The third kappa shape index (κ3) is 8.88. The molecule has 2 heteroatoms. The molecule has 0 radical (unpaired) electrons. The molecule has 2 atom stereocenters. The zero-order valence-electron chi connectivity index (χ0n) is 11.4. The van der Waals surface area contributed by atoms with Crippen LogP contribution in [0.1, 0.15) is 60.8 Å². The second kappa shape index (κ2) is 6.49. The van der Waals surface area contributed by atoms with Crippen molar-refractivity contribution in [2.45, 2.75) is 66.8 Å².